The zero-order chi connectivity index (χ0) is 31.6. The van der Waals surface area contributed by atoms with Gasteiger partial charge in [-0.2, -0.15) is 0 Å². The van der Waals surface area contributed by atoms with Gasteiger partial charge >= 0.3 is 0 Å². The van der Waals surface area contributed by atoms with E-state index >= 15 is 0 Å². The quantitative estimate of drug-likeness (QED) is 0.187. The topological polar surface area (TPSA) is 38.7 Å². The first-order chi connectivity index (χ1) is 23.8. The molecule has 0 radical (unpaired) electrons. The molecule has 0 unspecified atom stereocenters. The second-order valence-corrected chi connectivity index (χ2v) is 12.4. The van der Waals surface area contributed by atoms with E-state index in [9.17, 15) is 0 Å². The Morgan fingerprint density at radius 3 is 1.71 bits per heavy atom. The molecule has 0 atom stereocenters. The lowest BCUT2D eigenvalue weighted by Gasteiger charge is -2.16. The summed E-state index contributed by atoms with van der Waals surface area (Å²) in [4.78, 5) is 15.1. The number of hydrogen-bond acceptors (Lipinski definition) is 3. The minimum Gasteiger partial charge on any atom is -0.254 e. The number of fused-ring (bicyclic) bond motifs is 11. The van der Waals surface area contributed by atoms with Crippen LogP contribution in [0.4, 0.5) is 0 Å². The smallest absolute Gasteiger partial charge is 0.0972 e. The SMILES string of the molecule is c1cc(-c2cccc(-c3nc4ccccc4c4c5ccccc5c5ccccc5c34)c2)cc(-c2ccc3ccc4cccnc4c3n2)c1. The van der Waals surface area contributed by atoms with Crippen molar-refractivity contribution in [1.29, 1.82) is 0 Å². The van der Waals surface area contributed by atoms with Gasteiger partial charge in [0.05, 0.1) is 27.9 Å². The molecule has 48 heavy (non-hydrogen) atoms. The number of hydrogen-bond donors (Lipinski definition) is 0. The zero-order valence-corrected chi connectivity index (χ0v) is 25.9. The van der Waals surface area contributed by atoms with E-state index in [1.54, 1.807) is 0 Å². The van der Waals surface area contributed by atoms with Crippen molar-refractivity contribution in [2.24, 2.45) is 0 Å². The van der Waals surface area contributed by atoms with E-state index in [0.717, 1.165) is 61.0 Å². The molecule has 0 saturated carbocycles. The fraction of sp³-hybridized carbons (Fsp3) is 0. The molecule has 7 aromatic carbocycles. The summed E-state index contributed by atoms with van der Waals surface area (Å²) in [5.41, 5.74) is 9.21. The highest BCUT2D eigenvalue weighted by atomic mass is 14.8. The fourth-order valence-electron chi connectivity index (χ4n) is 7.42. The van der Waals surface area contributed by atoms with Gasteiger partial charge < -0.3 is 0 Å². The lowest BCUT2D eigenvalue weighted by molar-refractivity contribution is 1.37. The molecule has 222 valence electrons. The lowest BCUT2D eigenvalue weighted by Crippen LogP contribution is -1.93. The van der Waals surface area contributed by atoms with Gasteiger partial charge in [0.1, 0.15) is 0 Å². The molecule has 0 N–H and O–H groups in total. The molecular weight excluding hydrogens is 583 g/mol. The summed E-state index contributed by atoms with van der Waals surface area (Å²) in [5, 5.41) is 10.8. The molecule has 10 aromatic rings. The summed E-state index contributed by atoms with van der Waals surface area (Å²) in [6.45, 7) is 0. The molecule has 3 aromatic heterocycles. The van der Waals surface area contributed by atoms with E-state index in [-0.39, 0.29) is 0 Å². The average Bonchev–Trinajstić information content (AvgIpc) is 3.17. The van der Waals surface area contributed by atoms with Crippen LogP contribution in [0.15, 0.2) is 164 Å². The molecule has 0 aliphatic heterocycles. The first-order valence-corrected chi connectivity index (χ1v) is 16.3. The molecule has 3 nitrogen and oxygen atoms in total. The van der Waals surface area contributed by atoms with Crippen molar-refractivity contribution in [3.63, 3.8) is 0 Å². The van der Waals surface area contributed by atoms with Crippen LogP contribution in [0.1, 0.15) is 0 Å². The van der Waals surface area contributed by atoms with Crippen LogP contribution in [-0.2, 0) is 0 Å². The van der Waals surface area contributed by atoms with Gasteiger partial charge in [-0.1, -0.05) is 127 Å². The number of aromatic nitrogens is 3. The summed E-state index contributed by atoms with van der Waals surface area (Å²) >= 11 is 0. The average molecular weight is 610 g/mol. The molecule has 3 heterocycles. The third-order valence-corrected chi connectivity index (χ3v) is 9.64. The highest BCUT2D eigenvalue weighted by Gasteiger charge is 2.18. The van der Waals surface area contributed by atoms with E-state index in [1.165, 1.54) is 37.7 Å². The second-order valence-electron chi connectivity index (χ2n) is 12.4. The minimum atomic E-state index is 0.923. The Morgan fingerprint density at radius 1 is 0.354 bits per heavy atom. The Balaban J connectivity index is 1.17. The van der Waals surface area contributed by atoms with Crippen molar-refractivity contribution < 1.29 is 0 Å². The van der Waals surface area contributed by atoms with Crippen LogP contribution in [0, 0.1) is 0 Å². The summed E-state index contributed by atoms with van der Waals surface area (Å²) < 4.78 is 0. The number of nitrogens with zero attached hydrogens (tertiary/aromatic N) is 3. The number of pyridine rings is 3. The predicted molar refractivity (Wildman–Crippen MR) is 201 cm³/mol. The van der Waals surface area contributed by atoms with Crippen molar-refractivity contribution in [2.45, 2.75) is 0 Å². The van der Waals surface area contributed by atoms with Crippen LogP contribution >= 0.6 is 0 Å². The monoisotopic (exact) mass is 609 g/mol. The fourth-order valence-corrected chi connectivity index (χ4v) is 7.42. The van der Waals surface area contributed by atoms with Crippen LogP contribution in [0.5, 0.6) is 0 Å². The molecule has 0 bridgehead atoms. The Morgan fingerprint density at radius 2 is 0.938 bits per heavy atom. The van der Waals surface area contributed by atoms with Crippen molar-refractivity contribution in [1.82, 2.24) is 15.0 Å². The minimum absolute atomic E-state index is 0.923. The first kappa shape index (κ1) is 26.7. The molecular formula is C45H27N3. The third kappa shape index (κ3) is 4.11. The molecule has 0 spiro atoms. The van der Waals surface area contributed by atoms with Crippen molar-refractivity contribution in [2.75, 3.05) is 0 Å². The molecule has 0 aliphatic carbocycles. The number of rotatable bonds is 3. The summed E-state index contributed by atoms with van der Waals surface area (Å²) in [7, 11) is 0. The summed E-state index contributed by atoms with van der Waals surface area (Å²) in [5.74, 6) is 0. The Hall–Kier alpha value is -6.45. The number of para-hydroxylation sites is 1. The zero-order valence-electron chi connectivity index (χ0n) is 25.9. The van der Waals surface area contributed by atoms with Crippen LogP contribution in [0.2, 0.25) is 0 Å². The Kier molecular flexibility index (Phi) is 5.87. The Labute approximate surface area is 276 Å². The third-order valence-electron chi connectivity index (χ3n) is 9.64. The molecule has 0 aliphatic rings. The van der Waals surface area contributed by atoms with Crippen LogP contribution < -0.4 is 0 Å². The maximum atomic E-state index is 5.37. The predicted octanol–water partition coefficient (Wildman–Crippen LogP) is 11.8. The van der Waals surface area contributed by atoms with E-state index in [0.29, 0.717) is 0 Å². The van der Waals surface area contributed by atoms with Gasteiger partial charge in [0.25, 0.3) is 0 Å². The van der Waals surface area contributed by atoms with E-state index in [4.69, 9.17) is 9.97 Å². The normalized spacial score (nSPS) is 11.8. The molecule has 10 rings (SSSR count). The van der Waals surface area contributed by atoms with E-state index < -0.39 is 0 Å². The molecule has 0 saturated heterocycles. The lowest BCUT2D eigenvalue weighted by atomic mass is 9.89. The van der Waals surface area contributed by atoms with Crippen molar-refractivity contribution in [3.8, 4) is 33.6 Å². The molecule has 0 amide bonds. The van der Waals surface area contributed by atoms with E-state index in [1.807, 2.05) is 12.3 Å². The van der Waals surface area contributed by atoms with Crippen molar-refractivity contribution in [3.05, 3.63) is 164 Å². The van der Waals surface area contributed by atoms with Gasteiger partial charge in [-0.3, -0.25) is 4.98 Å². The van der Waals surface area contributed by atoms with Crippen LogP contribution in [0.3, 0.4) is 0 Å². The molecule has 0 fully saturated rings. The standard InChI is InChI=1S/C45H27N3/c1-3-17-36-34(15-1)35-16-2-4-18-37(35)42-41(36)38-19-5-6-20-40(38)48-43(42)33-13-8-11-31(27-33)30-10-7-12-32(26-30)39-24-23-29-22-21-28-14-9-25-46-44(28)45(29)47-39/h1-27H. The summed E-state index contributed by atoms with van der Waals surface area (Å²) in [6, 6.07) is 56.0. The maximum Gasteiger partial charge on any atom is 0.0972 e. The largest absolute Gasteiger partial charge is 0.254 e. The second kappa shape index (κ2) is 10.5. The highest BCUT2D eigenvalue weighted by molar-refractivity contribution is 6.33. The molecule has 3 heteroatoms. The Bertz CT molecular complexity index is 2910. The van der Waals surface area contributed by atoms with Gasteiger partial charge in [-0.25, -0.2) is 9.97 Å². The van der Waals surface area contributed by atoms with Gasteiger partial charge in [0, 0.05) is 44.3 Å². The van der Waals surface area contributed by atoms with Crippen LogP contribution in [-0.4, -0.2) is 15.0 Å². The highest BCUT2D eigenvalue weighted by Crippen LogP contribution is 2.43. The van der Waals surface area contributed by atoms with Gasteiger partial charge in [0.2, 0.25) is 0 Å². The van der Waals surface area contributed by atoms with Gasteiger partial charge in [-0.15, -0.1) is 0 Å². The maximum absolute atomic E-state index is 5.37. The van der Waals surface area contributed by atoms with E-state index in [2.05, 4.69) is 157 Å². The van der Waals surface area contributed by atoms with Crippen LogP contribution in [0.25, 0.3) is 98.7 Å². The van der Waals surface area contributed by atoms with Gasteiger partial charge in [-0.05, 0) is 63.0 Å². The summed E-state index contributed by atoms with van der Waals surface area (Å²) in [6.07, 6.45) is 1.84. The van der Waals surface area contributed by atoms with Gasteiger partial charge in [0.15, 0.2) is 0 Å². The number of benzene rings is 7. The van der Waals surface area contributed by atoms with Crippen molar-refractivity contribution >= 4 is 65.0 Å². The first-order valence-electron chi connectivity index (χ1n) is 16.3.